The van der Waals surface area contributed by atoms with Crippen LogP contribution in [0.3, 0.4) is 0 Å². The molecule has 0 unspecified atom stereocenters. The van der Waals surface area contributed by atoms with Crippen molar-refractivity contribution in [3.05, 3.63) is 73.8 Å². The highest BCUT2D eigenvalue weighted by Crippen LogP contribution is 2.26. The highest BCUT2D eigenvalue weighted by atomic mass is 79.9. The van der Waals surface area contributed by atoms with Crippen molar-refractivity contribution >= 4 is 72.3 Å². The van der Waals surface area contributed by atoms with E-state index in [0.717, 1.165) is 14.6 Å². The van der Waals surface area contributed by atoms with Crippen LogP contribution in [-0.2, 0) is 6.54 Å². The van der Waals surface area contributed by atoms with E-state index in [0.29, 0.717) is 22.5 Å². The zero-order valence-electron chi connectivity index (χ0n) is 13.8. The summed E-state index contributed by atoms with van der Waals surface area (Å²) in [6.45, 7) is 2.75. The molecule has 26 heavy (non-hydrogen) atoms. The van der Waals surface area contributed by atoms with Crippen LogP contribution in [-0.4, -0.2) is 14.9 Å². The molecular weight excluding hydrogens is 500 g/mol. The second-order valence-corrected chi connectivity index (χ2v) is 8.30. The largest absolute Gasteiger partial charge is 0.331 e. The van der Waals surface area contributed by atoms with Gasteiger partial charge in [0.05, 0.1) is 21.7 Å². The summed E-state index contributed by atoms with van der Waals surface area (Å²) in [5, 5.41) is 11.7. The van der Waals surface area contributed by atoms with E-state index in [4.69, 9.17) is 23.8 Å². The molecule has 0 saturated heterocycles. The van der Waals surface area contributed by atoms with Crippen molar-refractivity contribution in [1.82, 2.24) is 9.78 Å². The van der Waals surface area contributed by atoms with E-state index in [-0.39, 0.29) is 0 Å². The molecule has 134 valence electrons. The van der Waals surface area contributed by atoms with Crippen molar-refractivity contribution in [2.24, 2.45) is 0 Å². The number of hydrogen-bond donors (Lipinski definition) is 2. The molecule has 3 aromatic rings. The average molecular weight is 515 g/mol. The van der Waals surface area contributed by atoms with Gasteiger partial charge in [0.2, 0.25) is 0 Å². The Morgan fingerprint density at radius 1 is 1.15 bits per heavy atom. The number of benzene rings is 2. The summed E-state index contributed by atoms with van der Waals surface area (Å²) in [7, 11) is 0. The number of nitrogens with zero attached hydrogens (tertiary/aromatic N) is 2. The number of anilines is 2. The summed E-state index contributed by atoms with van der Waals surface area (Å²) in [5.74, 6) is 0.642. The van der Waals surface area contributed by atoms with Crippen molar-refractivity contribution in [3.8, 4) is 0 Å². The van der Waals surface area contributed by atoms with Crippen LogP contribution in [0.25, 0.3) is 0 Å². The number of hydrogen-bond acceptors (Lipinski definition) is 2. The molecule has 0 saturated carbocycles. The van der Waals surface area contributed by atoms with Crippen LogP contribution in [0.1, 0.15) is 11.1 Å². The van der Waals surface area contributed by atoms with Crippen LogP contribution in [0.4, 0.5) is 11.5 Å². The Labute approximate surface area is 179 Å². The number of aryl methyl sites for hydroxylation is 1. The first kappa shape index (κ1) is 19.4. The summed E-state index contributed by atoms with van der Waals surface area (Å²) >= 11 is 18.5. The first-order chi connectivity index (χ1) is 12.4. The molecular formula is C18H15Br2ClN4S. The van der Waals surface area contributed by atoms with Crippen molar-refractivity contribution in [1.29, 1.82) is 0 Å². The lowest BCUT2D eigenvalue weighted by molar-refractivity contribution is 0.689. The van der Waals surface area contributed by atoms with Crippen LogP contribution >= 0.6 is 55.7 Å². The minimum Gasteiger partial charge on any atom is -0.331 e. The van der Waals surface area contributed by atoms with Gasteiger partial charge in [0.25, 0.3) is 0 Å². The first-order valence-electron chi connectivity index (χ1n) is 7.72. The summed E-state index contributed by atoms with van der Waals surface area (Å²) in [6, 6.07) is 13.9. The van der Waals surface area contributed by atoms with Gasteiger partial charge in [-0.15, -0.1) is 0 Å². The highest BCUT2D eigenvalue weighted by molar-refractivity contribution is 9.10. The quantitative estimate of drug-likeness (QED) is 0.405. The van der Waals surface area contributed by atoms with Crippen LogP contribution in [0.5, 0.6) is 0 Å². The SMILES string of the molecule is Cc1ccc(Cn2cc(Br)c(NC(=S)Nc3ccc(Br)cc3Cl)n2)cc1. The number of nitrogens with one attached hydrogen (secondary N) is 2. The summed E-state index contributed by atoms with van der Waals surface area (Å²) < 4.78 is 3.59. The van der Waals surface area contributed by atoms with E-state index in [2.05, 4.69) is 78.8 Å². The molecule has 1 heterocycles. The molecule has 0 aliphatic carbocycles. The average Bonchev–Trinajstić information content (AvgIpc) is 2.91. The molecule has 2 N–H and O–H groups in total. The maximum atomic E-state index is 6.20. The smallest absolute Gasteiger partial charge is 0.176 e. The van der Waals surface area contributed by atoms with Gasteiger partial charge < -0.3 is 10.6 Å². The van der Waals surface area contributed by atoms with Crippen molar-refractivity contribution in [2.45, 2.75) is 13.5 Å². The van der Waals surface area contributed by atoms with E-state index in [1.165, 1.54) is 11.1 Å². The molecule has 0 fully saturated rings. The number of aromatic nitrogens is 2. The van der Waals surface area contributed by atoms with Gasteiger partial charge in [0.1, 0.15) is 0 Å². The number of thiocarbonyl (C=S) groups is 1. The molecule has 0 atom stereocenters. The van der Waals surface area contributed by atoms with Gasteiger partial charge in [-0.25, -0.2) is 0 Å². The van der Waals surface area contributed by atoms with Gasteiger partial charge in [-0.05, 0) is 58.8 Å². The Bertz CT molecular complexity index is 941. The summed E-state index contributed by atoms with van der Waals surface area (Å²) in [6.07, 6.45) is 1.91. The third-order valence-corrected chi connectivity index (χ3v) is 5.18. The molecule has 1 aromatic heterocycles. The van der Waals surface area contributed by atoms with Gasteiger partial charge in [0.15, 0.2) is 10.9 Å². The molecule has 8 heteroatoms. The molecule has 2 aromatic carbocycles. The standard InChI is InChI=1S/C18H15Br2ClN4S/c1-11-2-4-12(5-3-11)9-25-10-14(20)17(24-25)23-18(26)22-16-7-6-13(19)8-15(16)21/h2-8,10H,9H2,1H3,(H2,22,23,24,26). The summed E-state index contributed by atoms with van der Waals surface area (Å²) in [4.78, 5) is 0. The maximum Gasteiger partial charge on any atom is 0.176 e. The molecule has 3 rings (SSSR count). The van der Waals surface area contributed by atoms with E-state index in [1.807, 2.05) is 23.0 Å². The van der Waals surface area contributed by atoms with Crippen LogP contribution in [0, 0.1) is 6.92 Å². The fourth-order valence-corrected chi connectivity index (χ4v) is 3.64. The first-order valence-corrected chi connectivity index (χ1v) is 10.1. The minimum atomic E-state index is 0.413. The van der Waals surface area contributed by atoms with Gasteiger partial charge in [-0.1, -0.05) is 57.4 Å². The minimum absolute atomic E-state index is 0.413. The van der Waals surface area contributed by atoms with E-state index >= 15 is 0 Å². The van der Waals surface area contributed by atoms with Gasteiger partial charge in [-0.3, -0.25) is 4.68 Å². The lowest BCUT2D eigenvalue weighted by Gasteiger charge is -2.10. The normalized spacial score (nSPS) is 10.6. The summed E-state index contributed by atoms with van der Waals surface area (Å²) in [5.41, 5.74) is 3.14. The molecule has 0 aliphatic rings. The Morgan fingerprint density at radius 3 is 2.58 bits per heavy atom. The van der Waals surface area contributed by atoms with Gasteiger partial charge >= 0.3 is 0 Å². The van der Waals surface area contributed by atoms with Crippen LogP contribution < -0.4 is 10.6 Å². The maximum absolute atomic E-state index is 6.20. The number of halogens is 3. The van der Waals surface area contributed by atoms with E-state index in [1.54, 1.807) is 6.07 Å². The molecule has 0 spiro atoms. The second kappa shape index (κ2) is 8.52. The fourth-order valence-electron chi connectivity index (χ4n) is 2.30. The monoisotopic (exact) mass is 512 g/mol. The fraction of sp³-hybridized carbons (Fsp3) is 0.111. The second-order valence-electron chi connectivity index (χ2n) is 5.71. The zero-order chi connectivity index (χ0) is 18.7. The van der Waals surface area contributed by atoms with Crippen molar-refractivity contribution in [2.75, 3.05) is 10.6 Å². The molecule has 4 nitrogen and oxygen atoms in total. The van der Waals surface area contributed by atoms with Gasteiger partial charge in [0, 0.05) is 10.7 Å². The molecule has 0 bridgehead atoms. The van der Waals surface area contributed by atoms with Gasteiger partial charge in [-0.2, -0.15) is 5.10 Å². The van der Waals surface area contributed by atoms with Crippen LogP contribution in [0.2, 0.25) is 5.02 Å². The molecule has 0 amide bonds. The molecule has 0 aliphatic heterocycles. The third kappa shape index (κ3) is 5.07. The zero-order valence-corrected chi connectivity index (χ0v) is 18.5. The predicted octanol–water partition coefficient (Wildman–Crippen LogP) is 6.23. The Kier molecular flexibility index (Phi) is 6.34. The lowest BCUT2D eigenvalue weighted by atomic mass is 10.1. The lowest BCUT2D eigenvalue weighted by Crippen LogP contribution is -2.20. The van der Waals surface area contributed by atoms with E-state index in [9.17, 15) is 0 Å². The van der Waals surface area contributed by atoms with Crippen molar-refractivity contribution in [3.63, 3.8) is 0 Å². The Hall–Kier alpha value is -1.41. The van der Waals surface area contributed by atoms with Crippen molar-refractivity contribution < 1.29 is 0 Å². The number of rotatable bonds is 4. The van der Waals surface area contributed by atoms with E-state index < -0.39 is 0 Å². The predicted molar refractivity (Wildman–Crippen MR) is 119 cm³/mol. The van der Waals surface area contributed by atoms with Crippen LogP contribution in [0.15, 0.2) is 57.6 Å². The third-order valence-electron chi connectivity index (χ3n) is 3.59. The molecule has 0 radical (unpaired) electrons. The topological polar surface area (TPSA) is 41.9 Å². The Morgan fingerprint density at radius 2 is 1.88 bits per heavy atom. The highest BCUT2D eigenvalue weighted by Gasteiger charge is 2.10. The Balaban J connectivity index is 1.67.